The first kappa shape index (κ1) is 22.9. The van der Waals surface area contributed by atoms with Crippen molar-refractivity contribution >= 4 is 33.1 Å². The van der Waals surface area contributed by atoms with Crippen molar-refractivity contribution in [2.24, 2.45) is 0 Å². The Bertz CT molecular complexity index is 1340. The molecule has 7 nitrogen and oxygen atoms in total. The number of hydrogen-bond acceptors (Lipinski definition) is 6. The van der Waals surface area contributed by atoms with Gasteiger partial charge in [0.2, 0.25) is 10.0 Å². The first-order chi connectivity index (χ1) is 15.6. The van der Waals surface area contributed by atoms with E-state index in [1.54, 1.807) is 39.0 Å². The molecule has 1 N–H and O–H groups in total. The van der Waals surface area contributed by atoms with Gasteiger partial charge in [0.25, 0.3) is 0 Å². The predicted octanol–water partition coefficient (Wildman–Crippen LogP) is 5.54. The minimum atomic E-state index is -3.83. The fourth-order valence-electron chi connectivity index (χ4n) is 3.24. The summed E-state index contributed by atoms with van der Waals surface area (Å²) in [6, 6.07) is 14.4. The van der Waals surface area contributed by atoms with E-state index in [0.717, 1.165) is 10.6 Å². The summed E-state index contributed by atoms with van der Waals surface area (Å²) in [6.45, 7) is 5.29. The molecular weight excluding hydrogens is 458 g/mol. The first-order valence-electron chi connectivity index (χ1n) is 10.2. The zero-order chi connectivity index (χ0) is 23.6. The summed E-state index contributed by atoms with van der Waals surface area (Å²) in [6.07, 6.45) is 5.37. The lowest BCUT2D eigenvalue weighted by Gasteiger charge is -2.23. The molecular formula is C24H23N3O4S2. The average Bonchev–Trinajstić information content (AvgIpc) is 3.15. The Morgan fingerprint density at radius 3 is 2.55 bits per heavy atom. The summed E-state index contributed by atoms with van der Waals surface area (Å²) in [7, 11) is -3.83. The Hall–Kier alpha value is -3.27. The molecule has 33 heavy (non-hydrogen) atoms. The van der Waals surface area contributed by atoms with Crippen LogP contribution in [0.15, 0.2) is 83.4 Å². The maximum atomic E-state index is 13.0. The number of nitrogens with one attached hydrogen (secondary N) is 1. The van der Waals surface area contributed by atoms with E-state index >= 15 is 0 Å². The number of amides is 1. The quantitative estimate of drug-likeness (QED) is 0.517. The van der Waals surface area contributed by atoms with Crippen LogP contribution in [0.25, 0.3) is 21.8 Å². The molecule has 1 aliphatic rings. The molecule has 4 rings (SSSR count). The smallest absolute Gasteiger partial charge is 0.418 e. The Morgan fingerprint density at radius 1 is 1.06 bits per heavy atom. The molecule has 0 bridgehead atoms. The van der Waals surface area contributed by atoms with E-state index in [1.807, 2.05) is 35.7 Å². The van der Waals surface area contributed by atoms with Crippen LogP contribution >= 0.6 is 11.3 Å². The number of rotatable bonds is 5. The van der Waals surface area contributed by atoms with Crippen LogP contribution < -0.4 is 9.62 Å². The van der Waals surface area contributed by atoms with E-state index in [9.17, 15) is 13.2 Å². The van der Waals surface area contributed by atoms with Crippen molar-refractivity contribution in [1.82, 2.24) is 9.71 Å². The lowest BCUT2D eigenvalue weighted by Crippen LogP contribution is -2.40. The summed E-state index contributed by atoms with van der Waals surface area (Å²) >= 11 is 1.47. The number of thiazole rings is 1. The van der Waals surface area contributed by atoms with E-state index in [1.165, 1.54) is 40.8 Å². The van der Waals surface area contributed by atoms with Crippen molar-refractivity contribution < 1.29 is 17.9 Å². The van der Waals surface area contributed by atoms with Gasteiger partial charge in [-0.15, -0.1) is 11.3 Å². The number of carbonyl (C=O) groups is 1. The largest absolute Gasteiger partial charge is 0.423 e. The number of aromatic nitrogens is 1. The van der Waals surface area contributed by atoms with Gasteiger partial charge in [0.15, 0.2) is 0 Å². The van der Waals surface area contributed by atoms with E-state index in [4.69, 9.17) is 9.72 Å². The summed E-state index contributed by atoms with van der Waals surface area (Å²) < 4.78 is 33.7. The van der Waals surface area contributed by atoms with Gasteiger partial charge in [-0.3, -0.25) is 4.90 Å². The highest BCUT2D eigenvalue weighted by molar-refractivity contribution is 7.89. The molecule has 0 saturated carbocycles. The molecule has 0 unspecified atom stereocenters. The second-order valence-corrected chi connectivity index (χ2v) is 10.9. The summed E-state index contributed by atoms with van der Waals surface area (Å²) in [5.74, 6) is 0. The molecule has 3 aromatic rings. The van der Waals surface area contributed by atoms with Gasteiger partial charge in [0.05, 0.1) is 22.5 Å². The molecule has 0 radical (unpaired) electrons. The van der Waals surface area contributed by atoms with Crippen LogP contribution in [0, 0.1) is 0 Å². The van der Waals surface area contributed by atoms with Gasteiger partial charge in [-0.1, -0.05) is 30.3 Å². The molecule has 0 saturated heterocycles. The van der Waals surface area contributed by atoms with E-state index in [-0.39, 0.29) is 4.90 Å². The molecule has 0 spiro atoms. The van der Waals surface area contributed by atoms with Crippen LogP contribution in [0.1, 0.15) is 20.8 Å². The first-order valence-corrected chi connectivity index (χ1v) is 12.5. The van der Waals surface area contributed by atoms with Crippen molar-refractivity contribution in [3.63, 3.8) is 0 Å². The maximum Gasteiger partial charge on any atom is 0.423 e. The molecule has 170 valence electrons. The van der Waals surface area contributed by atoms with E-state index in [0.29, 0.717) is 16.9 Å². The minimum absolute atomic E-state index is 0.0353. The minimum Gasteiger partial charge on any atom is -0.418 e. The van der Waals surface area contributed by atoms with Crippen LogP contribution in [0.4, 0.5) is 10.5 Å². The number of hydrogen-bond donors (Lipinski definition) is 1. The van der Waals surface area contributed by atoms with Crippen LogP contribution in [-0.2, 0) is 14.8 Å². The lowest BCUT2D eigenvalue weighted by molar-refractivity contribution is 0.196. The highest BCUT2D eigenvalue weighted by Gasteiger charge is 2.26. The third kappa shape index (κ3) is 5.22. The van der Waals surface area contributed by atoms with Gasteiger partial charge in [-0.2, -0.15) is 0 Å². The van der Waals surface area contributed by atoms with Crippen molar-refractivity contribution in [1.29, 1.82) is 0 Å². The topological polar surface area (TPSA) is 88.6 Å². The number of cyclic esters (lactones) is 1. The third-order valence-corrected chi connectivity index (χ3v) is 7.22. The average molecular weight is 482 g/mol. The van der Waals surface area contributed by atoms with E-state index in [2.05, 4.69) is 4.72 Å². The summed E-state index contributed by atoms with van der Waals surface area (Å²) in [4.78, 5) is 18.7. The monoisotopic (exact) mass is 481 g/mol. The molecule has 1 aliphatic heterocycles. The SMILES string of the molecule is CC(C)(C)NS(=O)(=O)c1ccc(-c2csc(-c3ccccc3)n2)c(N2C=CC=COC2=O)c1. The molecule has 2 heterocycles. The van der Waals surface area contributed by atoms with Crippen molar-refractivity contribution in [3.05, 3.63) is 78.5 Å². The molecule has 0 fully saturated rings. The van der Waals surface area contributed by atoms with Gasteiger partial charge in [0, 0.05) is 28.2 Å². The van der Waals surface area contributed by atoms with Crippen LogP contribution in [-0.4, -0.2) is 25.0 Å². The highest BCUT2D eigenvalue weighted by atomic mass is 32.2. The normalized spacial score (nSPS) is 14.3. The summed E-state index contributed by atoms with van der Waals surface area (Å²) in [5, 5.41) is 2.70. The number of nitrogens with zero attached hydrogens (tertiary/aromatic N) is 2. The van der Waals surface area contributed by atoms with Crippen molar-refractivity contribution in [3.8, 4) is 21.8 Å². The molecule has 0 aliphatic carbocycles. The Labute approximate surface area is 197 Å². The second-order valence-electron chi connectivity index (χ2n) is 8.36. The second kappa shape index (κ2) is 8.93. The number of sulfonamides is 1. The number of ether oxygens (including phenoxy) is 1. The Morgan fingerprint density at radius 2 is 1.82 bits per heavy atom. The molecule has 1 amide bonds. The van der Waals surface area contributed by atoms with Gasteiger partial charge in [-0.05, 0) is 51.1 Å². The van der Waals surface area contributed by atoms with Crippen LogP contribution in [0.2, 0.25) is 0 Å². The van der Waals surface area contributed by atoms with Crippen LogP contribution in [0.5, 0.6) is 0 Å². The van der Waals surface area contributed by atoms with E-state index < -0.39 is 21.7 Å². The number of carbonyl (C=O) groups excluding carboxylic acids is 1. The fourth-order valence-corrected chi connectivity index (χ4v) is 5.51. The molecule has 2 aromatic carbocycles. The summed E-state index contributed by atoms with van der Waals surface area (Å²) in [5.41, 5.74) is 1.89. The third-order valence-electron chi connectivity index (χ3n) is 4.57. The standard InChI is InChI=1S/C24H23N3O4S2/c1-24(2,3)26-33(29,30)18-11-12-19(21(15-18)27-13-7-8-14-31-23(27)28)20-16-32-22(25-20)17-9-5-4-6-10-17/h4-16,26H,1-3H3. The van der Waals surface area contributed by atoms with Gasteiger partial charge in [-0.25, -0.2) is 22.9 Å². The highest BCUT2D eigenvalue weighted by Crippen LogP contribution is 2.37. The predicted molar refractivity (Wildman–Crippen MR) is 130 cm³/mol. The number of benzene rings is 2. The van der Waals surface area contributed by atoms with Gasteiger partial charge < -0.3 is 4.74 Å². The Kier molecular flexibility index (Phi) is 6.20. The fraction of sp³-hybridized carbons (Fsp3) is 0.167. The lowest BCUT2D eigenvalue weighted by atomic mass is 10.1. The maximum absolute atomic E-state index is 13.0. The van der Waals surface area contributed by atoms with Crippen molar-refractivity contribution in [2.45, 2.75) is 31.2 Å². The molecule has 9 heteroatoms. The zero-order valence-electron chi connectivity index (χ0n) is 18.3. The molecule has 1 aromatic heterocycles. The van der Waals surface area contributed by atoms with Crippen LogP contribution in [0.3, 0.4) is 0 Å². The van der Waals surface area contributed by atoms with Crippen molar-refractivity contribution in [2.75, 3.05) is 4.90 Å². The molecule has 0 atom stereocenters. The number of anilines is 1. The van der Waals surface area contributed by atoms with Gasteiger partial charge in [0.1, 0.15) is 5.01 Å². The Balaban J connectivity index is 1.84. The zero-order valence-corrected chi connectivity index (χ0v) is 20.0. The van der Waals surface area contributed by atoms with Gasteiger partial charge >= 0.3 is 6.09 Å². The number of allylic oxidation sites excluding steroid dienone is 2.